The van der Waals surface area contributed by atoms with Crippen LogP contribution in [-0.2, 0) is 0 Å². The first-order chi connectivity index (χ1) is 9.06. The SMILES string of the molecule is CCN(CC)c1nc(N)n(-c2ccc(Br)cc2C)n1. The number of nitrogen functional groups attached to an aromatic ring is 1. The molecular weight excluding hydrogens is 306 g/mol. The number of halogens is 1. The van der Waals surface area contributed by atoms with Crippen molar-refractivity contribution in [3.05, 3.63) is 28.2 Å². The summed E-state index contributed by atoms with van der Waals surface area (Å²) in [7, 11) is 0. The van der Waals surface area contributed by atoms with E-state index in [4.69, 9.17) is 5.73 Å². The van der Waals surface area contributed by atoms with Crippen molar-refractivity contribution in [3.8, 4) is 5.69 Å². The van der Waals surface area contributed by atoms with Crippen LogP contribution in [0.2, 0.25) is 0 Å². The van der Waals surface area contributed by atoms with E-state index in [9.17, 15) is 0 Å². The van der Waals surface area contributed by atoms with Crippen molar-refractivity contribution >= 4 is 27.8 Å². The van der Waals surface area contributed by atoms with Crippen LogP contribution in [0.4, 0.5) is 11.9 Å². The minimum absolute atomic E-state index is 0.410. The van der Waals surface area contributed by atoms with E-state index >= 15 is 0 Å². The lowest BCUT2D eigenvalue weighted by atomic mass is 10.2. The van der Waals surface area contributed by atoms with E-state index in [0.29, 0.717) is 11.9 Å². The smallest absolute Gasteiger partial charge is 0.246 e. The average Bonchev–Trinajstić information content (AvgIpc) is 2.73. The molecule has 0 saturated carbocycles. The van der Waals surface area contributed by atoms with Gasteiger partial charge in [-0.15, -0.1) is 5.10 Å². The first kappa shape index (κ1) is 13.9. The lowest BCUT2D eigenvalue weighted by molar-refractivity contribution is 0.801. The van der Waals surface area contributed by atoms with E-state index in [0.717, 1.165) is 28.8 Å². The average molecular weight is 324 g/mol. The normalized spacial score (nSPS) is 10.7. The van der Waals surface area contributed by atoms with E-state index in [2.05, 4.69) is 44.8 Å². The van der Waals surface area contributed by atoms with E-state index < -0.39 is 0 Å². The van der Waals surface area contributed by atoms with Gasteiger partial charge in [-0.05, 0) is 44.5 Å². The number of anilines is 2. The molecule has 5 nitrogen and oxygen atoms in total. The van der Waals surface area contributed by atoms with Gasteiger partial charge >= 0.3 is 0 Å². The summed E-state index contributed by atoms with van der Waals surface area (Å²) in [4.78, 5) is 6.41. The third-order valence-corrected chi connectivity index (χ3v) is 3.55. The Labute approximate surface area is 121 Å². The van der Waals surface area contributed by atoms with Gasteiger partial charge in [0.25, 0.3) is 0 Å². The summed E-state index contributed by atoms with van der Waals surface area (Å²) in [5.74, 6) is 1.08. The van der Waals surface area contributed by atoms with Gasteiger partial charge in [-0.2, -0.15) is 9.67 Å². The molecule has 2 N–H and O–H groups in total. The number of nitrogens with two attached hydrogens (primary N) is 1. The van der Waals surface area contributed by atoms with Gasteiger partial charge in [0.2, 0.25) is 11.9 Å². The Morgan fingerprint density at radius 3 is 2.58 bits per heavy atom. The summed E-state index contributed by atoms with van der Waals surface area (Å²) < 4.78 is 2.73. The summed E-state index contributed by atoms with van der Waals surface area (Å²) in [5.41, 5.74) is 8.02. The zero-order valence-corrected chi connectivity index (χ0v) is 13.0. The second-order valence-corrected chi connectivity index (χ2v) is 5.20. The standard InChI is InChI=1S/C13H18BrN5/c1-4-18(5-2)13-16-12(15)19(17-13)11-7-6-10(14)8-9(11)3/h6-8H,4-5H2,1-3H3,(H2,15,16,17). The number of benzene rings is 1. The Morgan fingerprint density at radius 1 is 1.32 bits per heavy atom. The molecule has 0 aliphatic carbocycles. The Hall–Kier alpha value is -1.56. The first-order valence-electron chi connectivity index (χ1n) is 6.30. The molecule has 102 valence electrons. The highest BCUT2D eigenvalue weighted by molar-refractivity contribution is 9.10. The van der Waals surface area contributed by atoms with Gasteiger partial charge in [-0.1, -0.05) is 15.9 Å². The van der Waals surface area contributed by atoms with E-state index in [-0.39, 0.29) is 0 Å². The number of aromatic nitrogens is 3. The Morgan fingerprint density at radius 2 is 2.00 bits per heavy atom. The highest BCUT2D eigenvalue weighted by atomic mass is 79.9. The molecule has 0 aliphatic heterocycles. The summed E-state index contributed by atoms with van der Waals surface area (Å²) in [6, 6.07) is 5.99. The third-order valence-electron chi connectivity index (χ3n) is 3.05. The third kappa shape index (κ3) is 2.73. The Bertz CT molecular complexity index is 574. The van der Waals surface area contributed by atoms with Crippen LogP contribution < -0.4 is 10.6 Å². The molecule has 0 fully saturated rings. The fourth-order valence-electron chi connectivity index (χ4n) is 1.99. The Balaban J connectivity index is 2.45. The maximum Gasteiger partial charge on any atom is 0.246 e. The minimum atomic E-state index is 0.410. The fourth-order valence-corrected chi connectivity index (χ4v) is 2.46. The fraction of sp³-hybridized carbons (Fsp3) is 0.385. The van der Waals surface area contributed by atoms with Gasteiger partial charge in [0.1, 0.15) is 0 Å². The summed E-state index contributed by atoms with van der Waals surface area (Å²) >= 11 is 3.45. The second kappa shape index (κ2) is 5.61. The van der Waals surface area contributed by atoms with Crippen LogP contribution in [0.1, 0.15) is 19.4 Å². The number of nitrogens with zero attached hydrogens (tertiary/aromatic N) is 4. The molecular formula is C13H18BrN5. The molecule has 0 spiro atoms. The molecule has 19 heavy (non-hydrogen) atoms. The van der Waals surface area contributed by atoms with Crippen LogP contribution in [0.15, 0.2) is 22.7 Å². The molecule has 0 saturated heterocycles. The van der Waals surface area contributed by atoms with Gasteiger partial charge in [-0.3, -0.25) is 0 Å². The van der Waals surface area contributed by atoms with E-state index in [1.807, 2.05) is 25.1 Å². The molecule has 2 aromatic rings. The van der Waals surface area contributed by atoms with Crippen LogP contribution in [-0.4, -0.2) is 27.9 Å². The molecule has 0 atom stereocenters. The monoisotopic (exact) mass is 323 g/mol. The number of hydrogen-bond donors (Lipinski definition) is 1. The largest absolute Gasteiger partial charge is 0.368 e. The molecule has 0 radical (unpaired) electrons. The minimum Gasteiger partial charge on any atom is -0.368 e. The first-order valence-corrected chi connectivity index (χ1v) is 7.10. The summed E-state index contributed by atoms with van der Waals surface area (Å²) in [6.45, 7) is 7.90. The molecule has 1 heterocycles. The molecule has 0 aliphatic rings. The summed E-state index contributed by atoms with van der Waals surface area (Å²) in [5, 5.41) is 4.50. The van der Waals surface area contributed by atoms with Crippen molar-refractivity contribution in [3.63, 3.8) is 0 Å². The van der Waals surface area contributed by atoms with Crippen molar-refractivity contribution in [2.75, 3.05) is 23.7 Å². The van der Waals surface area contributed by atoms with Crippen molar-refractivity contribution in [1.82, 2.24) is 14.8 Å². The van der Waals surface area contributed by atoms with Crippen molar-refractivity contribution in [1.29, 1.82) is 0 Å². The lowest BCUT2D eigenvalue weighted by Crippen LogP contribution is -2.23. The second-order valence-electron chi connectivity index (χ2n) is 4.28. The van der Waals surface area contributed by atoms with Gasteiger partial charge in [0, 0.05) is 17.6 Å². The van der Waals surface area contributed by atoms with Crippen LogP contribution in [0.3, 0.4) is 0 Å². The molecule has 1 aromatic carbocycles. The van der Waals surface area contributed by atoms with Crippen LogP contribution in [0.5, 0.6) is 0 Å². The zero-order valence-electron chi connectivity index (χ0n) is 11.4. The predicted molar refractivity (Wildman–Crippen MR) is 81.8 cm³/mol. The van der Waals surface area contributed by atoms with Crippen molar-refractivity contribution in [2.45, 2.75) is 20.8 Å². The van der Waals surface area contributed by atoms with Gasteiger partial charge in [0.15, 0.2) is 0 Å². The van der Waals surface area contributed by atoms with Gasteiger partial charge in [-0.25, -0.2) is 0 Å². The Kier molecular flexibility index (Phi) is 4.09. The number of aryl methyl sites for hydroxylation is 1. The molecule has 0 amide bonds. The summed E-state index contributed by atoms with van der Waals surface area (Å²) in [6.07, 6.45) is 0. The topological polar surface area (TPSA) is 60.0 Å². The maximum absolute atomic E-state index is 5.98. The van der Waals surface area contributed by atoms with E-state index in [1.54, 1.807) is 4.68 Å². The van der Waals surface area contributed by atoms with Crippen molar-refractivity contribution in [2.24, 2.45) is 0 Å². The van der Waals surface area contributed by atoms with Gasteiger partial charge in [0.05, 0.1) is 5.69 Å². The number of hydrogen-bond acceptors (Lipinski definition) is 4. The highest BCUT2D eigenvalue weighted by Gasteiger charge is 2.14. The van der Waals surface area contributed by atoms with Crippen LogP contribution in [0.25, 0.3) is 5.69 Å². The van der Waals surface area contributed by atoms with E-state index in [1.165, 1.54) is 0 Å². The number of rotatable bonds is 4. The molecule has 6 heteroatoms. The molecule has 1 aromatic heterocycles. The van der Waals surface area contributed by atoms with Crippen molar-refractivity contribution < 1.29 is 0 Å². The molecule has 0 unspecified atom stereocenters. The maximum atomic E-state index is 5.98. The quantitative estimate of drug-likeness (QED) is 0.939. The van der Waals surface area contributed by atoms with Crippen LogP contribution >= 0.6 is 15.9 Å². The molecule has 0 bridgehead atoms. The molecule has 2 rings (SSSR count). The predicted octanol–water partition coefficient (Wildman–Crippen LogP) is 2.77. The lowest BCUT2D eigenvalue weighted by Gasteiger charge is -2.15. The zero-order chi connectivity index (χ0) is 14.0. The highest BCUT2D eigenvalue weighted by Crippen LogP contribution is 2.22. The van der Waals surface area contributed by atoms with Gasteiger partial charge < -0.3 is 10.6 Å². The van der Waals surface area contributed by atoms with Crippen LogP contribution in [0, 0.1) is 6.92 Å².